The van der Waals surface area contributed by atoms with Crippen LogP contribution in [0.3, 0.4) is 0 Å². The third-order valence-corrected chi connectivity index (χ3v) is 7.04. The number of rotatable bonds is 6. The van der Waals surface area contributed by atoms with Crippen LogP contribution >= 0.6 is 0 Å². The third-order valence-electron chi connectivity index (χ3n) is 5.14. The number of ether oxygens (including phenoxy) is 1. The van der Waals surface area contributed by atoms with Gasteiger partial charge in [-0.3, -0.25) is 4.79 Å². The summed E-state index contributed by atoms with van der Waals surface area (Å²) in [6, 6.07) is 7.56. The number of amides is 1. The van der Waals surface area contributed by atoms with E-state index < -0.39 is 15.9 Å². The topological polar surface area (TPSA) is 112 Å². The Bertz CT molecular complexity index is 1140. The van der Waals surface area contributed by atoms with Gasteiger partial charge in [-0.1, -0.05) is 6.07 Å². The molecular formula is C19H23N5O4S. The normalized spacial score (nSPS) is 16.3. The molecule has 0 radical (unpaired) electrons. The Hall–Kier alpha value is -2.85. The summed E-state index contributed by atoms with van der Waals surface area (Å²) in [6.07, 6.45) is 5.99. The molecule has 0 unspecified atom stereocenters. The number of hydrogen-bond acceptors (Lipinski definition) is 5. The van der Waals surface area contributed by atoms with Crippen molar-refractivity contribution in [1.29, 1.82) is 0 Å². The number of piperidine rings is 1. The van der Waals surface area contributed by atoms with Crippen LogP contribution in [-0.4, -0.2) is 51.9 Å². The van der Waals surface area contributed by atoms with Gasteiger partial charge in [-0.05, 0) is 31.0 Å². The molecule has 4 rings (SSSR count). The maximum absolute atomic E-state index is 12.8. The molecule has 2 N–H and O–H groups in total. The number of fused-ring (bicyclic) bond motifs is 1. The van der Waals surface area contributed by atoms with Crippen LogP contribution in [-0.2, 0) is 28.4 Å². The summed E-state index contributed by atoms with van der Waals surface area (Å²) < 4.78 is 36.5. The zero-order valence-electron chi connectivity index (χ0n) is 16.1. The molecule has 10 heteroatoms. The van der Waals surface area contributed by atoms with Gasteiger partial charge < -0.3 is 19.6 Å². The van der Waals surface area contributed by atoms with E-state index in [1.165, 1.54) is 15.1 Å². The third kappa shape index (κ3) is 3.73. The first-order valence-corrected chi connectivity index (χ1v) is 10.8. The Morgan fingerprint density at radius 3 is 2.66 bits per heavy atom. The van der Waals surface area contributed by atoms with Crippen molar-refractivity contribution in [1.82, 2.24) is 18.4 Å². The number of sulfonamides is 1. The minimum absolute atomic E-state index is 0.0532. The number of benzene rings is 1. The molecule has 1 fully saturated rings. The van der Waals surface area contributed by atoms with Crippen molar-refractivity contribution in [2.24, 2.45) is 12.8 Å². The molecule has 1 amide bonds. The number of aryl methyl sites for hydroxylation is 1. The molecule has 0 bridgehead atoms. The van der Waals surface area contributed by atoms with E-state index in [0.717, 1.165) is 16.7 Å². The first-order chi connectivity index (χ1) is 13.9. The molecule has 0 spiro atoms. The highest BCUT2D eigenvalue weighted by atomic mass is 32.2. The van der Waals surface area contributed by atoms with Gasteiger partial charge in [0, 0.05) is 44.1 Å². The Morgan fingerprint density at radius 1 is 1.24 bits per heavy atom. The second kappa shape index (κ2) is 7.53. The van der Waals surface area contributed by atoms with E-state index in [0.29, 0.717) is 25.9 Å². The summed E-state index contributed by atoms with van der Waals surface area (Å²) >= 11 is 0. The van der Waals surface area contributed by atoms with Crippen LogP contribution in [0.25, 0.3) is 10.9 Å². The standard InChI is InChI=1S/C19H23N5O4S/c1-22-12-8-21-19(22)29(26,27)24-10-5-14(6-11-24)28-17-4-2-3-16-15(17)7-9-23(16)13-18(20)25/h2-4,7-9,12,14H,5-6,10-11,13H2,1H3,(H2,20,25). The number of aromatic nitrogens is 3. The SMILES string of the molecule is Cn1ccnc1S(=O)(=O)N1CCC(Oc2cccc3c2ccn3CC(N)=O)CC1. The van der Waals surface area contributed by atoms with E-state index in [1.54, 1.807) is 17.8 Å². The zero-order valence-corrected chi connectivity index (χ0v) is 16.9. The maximum atomic E-state index is 12.8. The van der Waals surface area contributed by atoms with Crippen molar-refractivity contribution in [3.8, 4) is 5.75 Å². The molecule has 0 atom stereocenters. The van der Waals surface area contributed by atoms with Gasteiger partial charge in [0.05, 0.1) is 5.52 Å². The number of carbonyl (C=O) groups is 1. The van der Waals surface area contributed by atoms with Crippen LogP contribution in [0.5, 0.6) is 5.75 Å². The van der Waals surface area contributed by atoms with Crippen LogP contribution < -0.4 is 10.5 Å². The highest BCUT2D eigenvalue weighted by Crippen LogP contribution is 2.30. The second-order valence-corrected chi connectivity index (χ2v) is 8.97. The number of nitrogens with two attached hydrogens (primary N) is 1. The predicted molar refractivity (Wildman–Crippen MR) is 107 cm³/mol. The Morgan fingerprint density at radius 2 is 2.00 bits per heavy atom. The number of primary amides is 1. The average Bonchev–Trinajstić information content (AvgIpc) is 3.29. The highest BCUT2D eigenvalue weighted by Gasteiger charge is 2.32. The molecule has 154 valence electrons. The molecule has 1 saturated heterocycles. The first kappa shape index (κ1) is 19.5. The monoisotopic (exact) mass is 417 g/mol. The fourth-order valence-corrected chi connectivity index (χ4v) is 5.23. The van der Waals surface area contributed by atoms with Gasteiger partial charge in [-0.2, -0.15) is 4.31 Å². The number of hydrogen-bond donors (Lipinski definition) is 1. The van der Waals surface area contributed by atoms with Crippen LogP contribution in [0, 0.1) is 0 Å². The molecule has 1 aromatic carbocycles. The van der Waals surface area contributed by atoms with Crippen LogP contribution in [0.2, 0.25) is 0 Å². The summed E-state index contributed by atoms with van der Waals surface area (Å²) in [5, 5.41) is 0.953. The van der Waals surface area contributed by atoms with Gasteiger partial charge in [-0.15, -0.1) is 0 Å². The molecule has 3 heterocycles. The summed E-state index contributed by atoms with van der Waals surface area (Å²) in [7, 11) is -1.94. The quantitative estimate of drug-likeness (QED) is 0.645. The van der Waals surface area contributed by atoms with Crippen molar-refractivity contribution in [2.75, 3.05) is 13.1 Å². The summed E-state index contributed by atoms with van der Waals surface area (Å²) in [5.74, 6) is 0.311. The first-order valence-electron chi connectivity index (χ1n) is 9.36. The zero-order chi connectivity index (χ0) is 20.6. The largest absolute Gasteiger partial charge is 0.490 e. The molecule has 2 aromatic heterocycles. The number of carbonyl (C=O) groups excluding carboxylic acids is 1. The lowest BCUT2D eigenvalue weighted by atomic mass is 10.1. The van der Waals surface area contributed by atoms with E-state index in [9.17, 15) is 13.2 Å². The van der Waals surface area contributed by atoms with Crippen molar-refractivity contribution in [3.63, 3.8) is 0 Å². The van der Waals surface area contributed by atoms with Crippen molar-refractivity contribution >= 4 is 26.8 Å². The summed E-state index contributed by atoms with van der Waals surface area (Å²) in [6.45, 7) is 0.855. The van der Waals surface area contributed by atoms with Gasteiger partial charge in [-0.25, -0.2) is 13.4 Å². The van der Waals surface area contributed by atoms with Crippen LogP contribution in [0.1, 0.15) is 12.8 Å². The summed E-state index contributed by atoms with van der Waals surface area (Å²) in [4.78, 5) is 15.2. The smallest absolute Gasteiger partial charge is 0.277 e. The van der Waals surface area contributed by atoms with Crippen molar-refractivity contribution in [3.05, 3.63) is 42.9 Å². The Kier molecular flexibility index (Phi) is 5.05. The van der Waals surface area contributed by atoms with Crippen LogP contribution in [0.4, 0.5) is 0 Å². The lowest BCUT2D eigenvalue weighted by molar-refractivity contribution is -0.118. The van der Waals surface area contributed by atoms with Crippen molar-refractivity contribution < 1.29 is 17.9 Å². The summed E-state index contributed by atoms with van der Waals surface area (Å²) in [5.41, 5.74) is 6.18. The second-order valence-electron chi connectivity index (χ2n) is 7.14. The molecule has 3 aromatic rings. The van der Waals surface area contributed by atoms with Gasteiger partial charge in [0.2, 0.25) is 11.1 Å². The predicted octanol–water partition coefficient (Wildman–Crippen LogP) is 1.09. The van der Waals surface area contributed by atoms with E-state index in [1.807, 2.05) is 30.5 Å². The van der Waals surface area contributed by atoms with Gasteiger partial charge >= 0.3 is 0 Å². The Balaban J connectivity index is 1.46. The average molecular weight is 417 g/mol. The molecule has 29 heavy (non-hydrogen) atoms. The van der Waals surface area contributed by atoms with E-state index in [2.05, 4.69) is 4.98 Å². The van der Waals surface area contributed by atoms with Crippen LogP contribution in [0.15, 0.2) is 48.0 Å². The Labute approximate surface area is 168 Å². The lowest BCUT2D eigenvalue weighted by Crippen LogP contribution is -2.42. The molecule has 1 aliphatic rings. The van der Waals surface area contributed by atoms with E-state index in [4.69, 9.17) is 10.5 Å². The molecule has 9 nitrogen and oxygen atoms in total. The fraction of sp³-hybridized carbons (Fsp3) is 0.368. The molecule has 0 saturated carbocycles. The molecule has 1 aliphatic heterocycles. The molecular weight excluding hydrogens is 394 g/mol. The fourth-order valence-electron chi connectivity index (χ4n) is 3.69. The molecule has 0 aliphatic carbocycles. The van der Waals surface area contributed by atoms with E-state index >= 15 is 0 Å². The minimum atomic E-state index is -3.61. The van der Waals surface area contributed by atoms with Gasteiger partial charge in [0.1, 0.15) is 18.4 Å². The number of nitrogens with zero attached hydrogens (tertiary/aromatic N) is 4. The van der Waals surface area contributed by atoms with Crippen molar-refractivity contribution in [2.45, 2.75) is 30.6 Å². The van der Waals surface area contributed by atoms with Gasteiger partial charge in [0.25, 0.3) is 10.0 Å². The maximum Gasteiger partial charge on any atom is 0.277 e. The van der Waals surface area contributed by atoms with E-state index in [-0.39, 0.29) is 17.8 Å². The highest BCUT2D eigenvalue weighted by molar-refractivity contribution is 7.89. The van der Waals surface area contributed by atoms with Gasteiger partial charge in [0.15, 0.2) is 0 Å². The number of imidazole rings is 1. The minimum Gasteiger partial charge on any atom is -0.490 e. The lowest BCUT2D eigenvalue weighted by Gasteiger charge is -2.31.